The van der Waals surface area contributed by atoms with Gasteiger partial charge in [-0.1, -0.05) is 11.8 Å². The van der Waals surface area contributed by atoms with Crippen LogP contribution in [0, 0.1) is 11.8 Å². The van der Waals surface area contributed by atoms with Gasteiger partial charge in [0, 0.05) is 38.3 Å². The molecule has 1 heterocycles. The molecular weight excluding hydrogens is 192 g/mol. The summed E-state index contributed by atoms with van der Waals surface area (Å²) >= 11 is 0. The lowest BCUT2D eigenvalue weighted by molar-refractivity contribution is -0.118. The Kier molecular flexibility index (Phi) is 4.17. The number of carbonyl (C=O) groups is 1. The van der Waals surface area contributed by atoms with E-state index >= 15 is 0 Å². The third-order valence-corrected chi connectivity index (χ3v) is 1.67. The molecule has 0 radical (unpaired) electrons. The lowest BCUT2D eigenvalue weighted by Gasteiger charge is -1.94. The molecule has 0 bridgehead atoms. The summed E-state index contributed by atoms with van der Waals surface area (Å²) in [4.78, 5) is 24.5. The molecule has 78 valence electrons. The van der Waals surface area contributed by atoms with Crippen LogP contribution in [0.5, 0.6) is 0 Å². The Morgan fingerprint density at radius 2 is 2.40 bits per heavy atom. The fourth-order valence-corrected chi connectivity index (χ4v) is 0.973. The van der Waals surface area contributed by atoms with Crippen LogP contribution in [0.3, 0.4) is 0 Å². The van der Waals surface area contributed by atoms with Crippen molar-refractivity contribution in [3.8, 4) is 11.8 Å². The Bertz CT molecular complexity index is 451. The highest BCUT2D eigenvalue weighted by atomic mass is 16.1. The van der Waals surface area contributed by atoms with Gasteiger partial charge < -0.3 is 10.3 Å². The van der Waals surface area contributed by atoms with Crippen molar-refractivity contribution >= 4 is 5.91 Å². The molecule has 1 aromatic rings. The van der Waals surface area contributed by atoms with Gasteiger partial charge in [0.1, 0.15) is 0 Å². The van der Waals surface area contributed by atoms with Crippen LogP contribution in [-0.4, -0.2) is 17.4 Å². The van der Waals surface area contributed by atoms with E-state index in [1.54, 1.807) is 12.4 Å². The van der Waals surface area contributed by atoms with E-state index in [4.69, 9.17) is 0 Å². The second-order valence-electron chi connectivity index (χ2n) is 2.96. The number of aromatic amines is 1. The zero-order valence-electron chi connectivity index (χ0n) is 8.46. The zero-order chi connectivity index (χ0) is 11.1. The van der Waals surface area contributed by atoms with Gasteiger partial charge in [-0.3, -0.25) is 9.59 Å². The predicted molar refractivity (Wildman–Crippen MR) is 57.2 cm³/mol. The minimum atomic E-state index is -0.0965. The van der Waals surface area contributed by atoms with Crippen molar-refractivity contribution in [3.63, 3.8) is 0 Å². The van der Waals surface area contributed by atoms with Gasteiger partial charge in [-0.25, -0.2) is 0 Å². The molecule has 0 aliphatic carbocycles. The molecular formula is C11H12N2O2. The number of carbonyl (C=O) groups excluding carboxylic acids is 1. The number of hydrogen-bond donors (Lipinski definition) is 2. The van der Waals surface area contributed by atoms with Gasteiger partial charge in [0.15, 0.2) is 5.43 Å². The maximum Gasteiger partial charge on any atom is 0.216 e. The van der Waals surface area contributed by atoms with Crippen molar-refractivity contribution in [1.82, 2.24) is 10.3 Å². The Morgan fingerprint density at radius 1 is 1.60 bits per heavy atom. The second-order valence-corrected chi connectivity index (χ2v) is 2.96. The number of amides is 1. The molecule has 0 aromatic carbocycles. The van der Waals surface area contributed by atoms with Crippen LogP contribution in [-0.2, 0) is 4.79 Å². The highest BCUT2D eigenvalue weighted by molar-refractivity contribution is 5.72. The van der Waals surface area contributed by atoms with E-state index in [-0.39, 0.29) is 11.3 Å². The lowest BCUT2D eigenvalue weighted by Crippen LogP contribution is -2.20. The number of hydrogen-bond acceptors (Lipinski definition) is 2. The highest BCUT2D eigenvalue weighted by Crippen LogP contribution is 1.84. The van der Waals surface area contributed by atoms with Crippen LogP contribution in [0.25, 0.3) is 0 Å². The fourth-order valence-electron chi connectivity index (χ4n) is 0.973. The van der Waals surface area contributed by atoms with Crippen LogP contribution in [0.4, 0.5) is 0 Å². The molecule has 4 heteroatoms. The van der Waals surface area contributed by atoms with Crippen LogP contribution < -0.4 is 10.7 Å². The molecule has 0 aliphatic heterocycles. The molecule has 1 aromatic heterocycles. The molecule has 0 saturated carbocycles. The summed E-state index contributed by atoms with van der Waals surface area (Å²) in [7, 11) is 0. The minimum absolute atomic E-state index is 0.0747. The smallest absolute Gasteiger partial charge is 0.216 e. The van der Waals surface area contributed by atoms with Crippen molar-refractivity contribution < 1.29 is 4.79 Å². The van der Waals surface area contributed by atoms with E-state index in [1.807, 2.05) is 0 Å². The van der Waals surface area contributed by atoms with Crippen LogP contribution in [0.2, 0.25) is 0 Å². The van der Waals surface area contributed by atoms with Gasteiger partial charge in [0.2, 0.25) is 5.91 Å². The molecule has 4 nitrogen and oxygen atoms in total. The van der Waals surface area contributed by atoms with Gasteiger partial charge in [0.25, 0.3) is 0 Å². The standard InChI is InChI=1S/C11H12N2O2/c1-9(14)13-6-3-2-4-10-8-12-7-5-11(10)15/h5,7-8H,3,6H2,1H3,(H,12,15)(H,13,14). The first-order valence-corrected chi connectivity index (χ1v) is 4.60. The van der Waals surface area contributed by atoms with Gasteiger partial charge in [-0.05, 0) is 0 Å². The third-order valence-electron chi connectivity index (χ3n) is 1.67. The number of rotatable bonds is 2. The quantitative estimate of drug-likeness (QED) is 0.536. The normalized spacial score (nSPS) is 8.87. The maximum atomic E-state index is 11.2. The average molecular weight is 204 g/mol. The summed E-state index contributed by atoms with van der Waals surface area (Å²) in [5, 5.41) is 2.62. The molecule has 2 N–H and O–H groups in total. The van der Waals surface area contributed by atoms with Crippen molar-refractivity contribution in [1.29, 1.82) is 0 Å². The molecule has 0 unspecified atom stereocenters. The largest absolute Gasteiger partial charge is 0.366 e. The second kappa shape index (κ2) is 5.66. The Balaban J connectivity index is 2.49. The van der Waals surface area contributed by atoms with Crippen molar-refractivity contribution in [2.24, 2.45) is 0 Å². The van der Waals surface area contributed by atoms with Crippen LogP contribution in [0.1, 0.15) is 18.9 Å². The first-order valence-electron chi connectivity index (χ1n) is 4.60. The Morgan fingerprint density at radius 3 is 3.07 bits per heavy atom. The monoisotopic (exact) mass is 204 g/mol. The van der Waals surface area contributed by atoms with E-state index in [1.165, 1.54) is 13.0 Å². The van der Waals surface area contributed by atoms with Crippen LogP contribution >= 0.6 is 0 Å². The van der Waals surface area contributed by atoms with E-state index in [2.05, 4.69) is 22.1 Å². The summed E-state index contributed by atoms with van der Waals surface area (Å²) in [5.41, 5.74) is 0.348. The van der Waals surface area contributed by atoms with E-state index in [9.17, 15) is 9.59 Å². The summed E-state index contributed by atoms with van der Waals surface area (Å²) in [6.07, 6.45) is 3.66. The lowest BCUT2D eigenvalue weighted by atomic mass is 10.2. The maximum absolute atomic E-state index is 11.2. The van der Waals surface area contributed by atoms with Crippen LogP contribution in [0.15, 0.2) is 23.3 Å². The van der Waals surface area contributed by atoms with Crippen molar-refractivity contribution in [2.75, 3.05) is 6.54 Å². The number of nitrogens with one attached hydrogen (secondary N) is 2. The van der Waals surface area contributed by atoms with Gasteiger partial charge in [-0.15, -0.1) is 0 Å². The third kappa shape index (κ3) is 4.14. The fraction of sp³-hybridized carbons (Fsp3) is 0.273. The summed E-state index contributed by atoms with van der Waals surface area (Å²) in [6.45, 7) is 1.96. The van der Waals surface area contributed by atoms with Gasteiger partial charge in [0.05, 0.1) is 5.56 Å². The average Bonchev–Trinajstić information content (AvgIpc) is 2.20. The molecule has 15 heavy (non-hydrogen) atoms. The number of H-pyrrole nitrogens is 1. The minimum Gasteiger partial charge on any atom is -0.366 e. The SMILES string of the molecule is CC(=O)NCCC#Cc1c[nH]ccc1=O. The van der Waals surface area contributed by atoms with E-state index in [0.717, 1.165) is 0 Å². The summed E-state index contributed by atoms with van der Waals surface area (Å²) < 4.78 is 0. The Labute approximate surface area is 87.7 Å². The predicted octanol–water partition coefficient (Wildman–Crippen LogP) is 0.253. The molecule has 1 rings (SSSR count). The Hall–Kier alpha value is -2.02. The first-order chi connectivity index (χ1) is 7.20. The molecule has 0 atom stereocenters. The van der Waals surface area contributed by atoms with Crippen molar-refractivity contribution in [3.05, 3.63) is 34.2 Å². The van der Waals surface area contributed by atoms with E-state index in [0.29, 0.717) is 18.5 Å². The highest BCUT2D eigenvalue weighted by Gasteiger charge is 1.91. The number of pyridine rings is 1. The molecule has 0 aliphatic rings. The van der Waals surface area contributed by atoms with Gasteiger partial charge >= 0.3 is 0 Å². The molecule has 1 amide bonds. The zero-order valence-corrected chi connectivity index (χ0v) is 8.46. The van der Waals surface area contributed by atoms with E-state index < -0.39 is 0 Å². The van der Waals surface area contributed by atoms with Crippen molar-refractivity contribution in [2.45, 2.75) is 13.3 Å². The topological polar surface area (TPSA) is 62.0 Å². The first kappa shape index (κ1) is 11.1. The summed E-state index contributed by atoms with van der Waals surface area (Å²) in [5.74, 6) is 5.48. The molecule has 0 fully saturated rings. The molecule has 0 saturated heterocycles. The van der Waals surface area contributed by atoms with Gasteiger partial charge in [-0.2, -0.15) is 0 Å². The molecule has 0 spiro atoms. The number of aromatic nitrogens is 1. The summed E-state index contributed by atoms with van der Waals surface area (Å²) in [6, 6.07) is 1.43.